The van der Waals surface area contributed by atoms with Crippen molar-refractivity contribution < 1.29 is 22.5 Å². The number of hydrogen-bond donors (Lipinski definition) is 0. The smallest absolute Gasteiger partial charge is 0.248 e. The average Bonchev–Trinajstić information content (AvgIpc) is 3.17. The van der Waals surface area contributed by atoms with Crippen molar-refractivity contribution in [2.45, 2.75) is 6.92 Å². The second kappa shape index (κ2) is 8.19. The van der Waals surface area contributed by atoms with Crippen LogP contribution in [0, 0.1) is 17.5 Å². The minimum absolute atomic E-state index is 0.0717. The van der Waals surface area contributed by atoms with Gasteiger partial charge in [0.15, 0.2) is 11.6 Å². The highest BCUT2D eigenvalue weighted by molar-refractivity contribution is 6.34. The van der Waals surface area contributed by atoms with Crippen LogP contribution in [0.25, 0.3) is 22.5 Å². The molecule has 4 rings (SSSR count). The maximum atomic E-state index is 14.5. The second-order valence-corrected chi connectivity index (χ2v) is 6.77. The van der Waals surface area contributed by atoms with Crippen LogP contribution in [0.3, 0.4) is 0 Å². The third kappa shape index (κ3) is 3.75. The lowest BCUT2D eigenvalue weighted by Gasteiger charge is -2.20. The molecule has 31 heavy (non-hydrogen) atoms. The molecule has 0 spiro atoms. The summed E-state index contributed by atoms with van der Waals surface area (Å²) in [4.78, 5) is 21.6. The van der Waals surface area contributed by atoms with Crippen molar-refractivity contribution in [3.05, 3.63) is 77.5 Å². The summed E-state index contributed by atoms with van der Waals surface area (Å²) in [5.74, 6) is -4.31. The largest absolute Gasteiger partial charge is 0.336 e. The van der Waals surface area contributed by atoms with E-state index in [1.807, 2.05) is 0 Å². The fraction of sp³-hybridized carbons (Fsp3) is 0.0476. The van der Waals surface area contributed by atoms with Gasteiger partial charge in [-0.25, -0.2) is 28.0 Å². The molecule has 0 fully saturated rings. The van der Waals surface area contributed by atoms with Crippen molar-refractivity contribution in [2.24, 2.45) is 0 Å². The molecule has 0 saturated heterocycles. The monoisotopic (exact) mass is 444 g/mol. The van der Waals surface area contributed by atoms with Crippen LogP contribution < -0.4 is 4.90 Å². The van der Waals surface area contributed by atoms with E-state index in [0.29, 0.717) is 12.1 Å². The molecular weight excluding hydrogens is 433 g/mol. The highest BCUT2D eigenvalue weighted by Crippen LogP contribution is 2.43. The predicted molar refractivity (Wildman–Crippen MR) is 107 cm³/mol. The Morgan fingerprint density at radius 1 is 1.06 bits per heavy atom. The molecule has 0 saturated carbocycles. The van der Waals surface area contributed by atoms with Gasteiger partial charge in [0.25, 0.3) is 0 Å². The van der Waals surface area contributed by atoms with Gasteiger partial charge in [-0.05, 0) is 24.3 Å². The van der Waals surface area contributed by atoms with Gasteiger partial charge in [-0.3, -0.25) is 4.79 Å². The molecule has 0 aliphatic carbocycles. The molecule has 2 heterocycles. The molecule has 2 aromatic carbocycles. The van der Waals surface area contributed by atoms with Crippen LogP contribution in [-0.4, -0.2) is 21.0 Å². The Kier molecular flexibility index (Phi) is 5.43. The predicted octanol–water partition coefficient (Wildman–Crippen LogP) is 5.55. The molecule has 0 radical (unpaired) electrons. The van der Waals surface area contributed by atoms with Gasteiger partial charge < -0.3 is 4.52 Å². The zero-order chi connectivity index (χ0) is 22.1. The molecule has 2 aromatic heterocycles. The first-order valence-electron chi connectivity index (χ1n) is 8.84. The van der Waals surface area contributed by atoms with Crippen molar-refractivity contribution in [3.63, 3.8) is 0 Å². The normalized spacial score (nSPS) is 10.9. The number of para-hydroxylation sites is 1. The summed E-state index contributed by atoms with van der Waals surface area (Å²) >= 11 is 6.27. The van der Waals surface area contributed by atoms with Crippen molar-refractivity contribution in [3.8, 4) is 22.5 Å². The topological polar surface area (TPSA) is 72.1 Å². The third-order valence-electron chi connectivity index (χ3n) is 4.39. The third-order valence-corrected chi connectivity index (χ3v) is 4.71. The molecule has 10 heteroatoms. The van der Waals surface area contributed by atoms with Crippen molar-refractivity contribution in [1.29, 1.82) is 0 Å². The summed E-state index contributed by atoms with van der Waals surface area (Å²) in [6, 6.07) is 9.02. The lowest BCUT2D eigenvalue weighted by atomic mass is 10.0. The van der Waals surface area contributed by atoms with E-state index in [0.717, 1.165) is 4.90 Å². The Labute approximate surface area is 178 Å². The van der Waals surface area contributed by atoms with E-state index >= 15 is 0 Å². The number of rotatable bonds is 4. The Morgan fingerprint density at radius 2 is 1.81 bits per heavy atom. The first-order valence-corrected chi connectivity index (χ1v) is 9.22. The summed E-state index contributed by atoms with van der Waals surface area (Å²) in [6.45, 7) is 1.27. The number of nitrogens with zero attached hydrogens (tertiary/aromatic N) is 4. The minimum atomic E-state index is -1.35. The highest BCUT2D eigenvalue weighted by atomic mass is 35.5. The quantitative estimate of drug-likeness (QED) is 0.386. The highest BCUT2D eigenvalue weighted by Gasteiger charge is 2.30. The number of amides is 1. The van der Waals surface area contributed by atoms with E-state index < -0.39 is 23.4 Å². The van der Waals surface area contributed by atoms with Crippen LogP contribution in [0.15, 0.2) is 59.5 Å². The molecule has 0 unspecified atom stereocenters. The van der Waals surface area contributed by atoms with E-state index in [4.69, 9.17) is 16.1 Å². The van der Waals surface area contributed by atoms with Crippen molar-refractivity contribution in [1.82, 2.24) is 15.1 Å². The molecule has 0 aliphatic rings. The fourth-order valence-corrected chi connectivity index (χ4v) is 3.27. The lowest BCUT2D eigenvalue weighted by molar-refractivity contribution is -0.116. The average molecular weight is 445 g/mol. The van der Waals surface area contributed by atoms with Crippen LogP contribution in [0.5, 0.6) is 0 Å². The Bertz CT molecular complexity index is 1280. The van der Waals surface area contributed by atoms with E-state index in [-0.39, 0.29) is 39.1 Å². The standard InChI is InChI=1S/C21H12ClF3N4O2/c1-11(30)29(18-5-3-2-4-13(18)22)21-19(17-6-7-26-10-27-17)20(28-31-21)12-8-15(24)16(25)9-14(12)23/h2-10H,1H3. The molecular formula is C21H12ClF3N4O2. The number of carbonyl (C=O) groups is 1. The maximum Gasteiger partial charge on any atom is 0.248 e. The number of carbonyl (C=O) groups excluding carboxylic acids is 1. The first kappa shape index (κ1) is 20.5. The van der Waals surface area contributed by atoms with Gasteiger partial charge in [0, 0.05) is 24.8 Å². The molecule has 156 valence electrons. The summed E-state index contributed by atoms with van der Waals surface area (Å²) in [6.07, 6.45) is 2.64. The fourth-order valence-electron chi connectivity index (χ4n) is 3.05. The van der Waals surface area contributed by atoms with E-state index in [1.165, 1.54) is 25.5 Å². The van der Waals surface area contributed by atoms with Crippen molar-refractivity contribution in [2.75, 3.05) is 4.90 Å². The van der Waals surface area contributed by atoms with E-state index in [2.05, 4.69) is 15.1 Å². The summed E-state index contributed by atoms with van der Waals surface area (Å²) < 4.78 is 47.3. The molecule has 4 aromatic rings. The summed E-state index contributed by atoms with van der Waals surface area (Å²) in [7, 11) is 0. The van der Waals surface area contributed by atoms with Gasteiger partial charge in [0.1, 0.15) is 17.8 Å². The van der Waals surface area contributed by atoms with E-state index in [9.17, 15) is 18.0 Å². The van der Waals surface area contributed by atoms with Crippen LogP contribution in [0.2, 0.25) is 5.02 Å². The van der Waals surface area contributed by atoms with Crippen LogP contribution >= 0.6 is 11.6 Å². The SMILES string of the molecule is CC(=O)N(c1ccccc1Cl)c1onc(-c2cc(F)c(F)cc2F)c1-c1ccncn1. The lowest BCUT2D eigenvalue weighted by Crippen LogP contribution is -2.23. The maximum absolute atomic E-state index is 14.5. The van der Waals surface area contributed by atoms with Gasteiger partial charge in [0.2, 0.25) is 11.8 Å². The van der Waals surface area contributed by atoms with Gasteiger partial charge in [-0.15, -0.1) is 0 Å². The minimum Gasteiger partial charge on any atom is -0.336 e. The number of benzene rings is 2. The summed E-state index contributed by atoms with van der Waals surface area (Å²) in [5, 5.41) is 4.09. The van der Waals surface area contributed by atoms with Crippen LogP contribution in [0.1, 0.15) is 6.92 Å². The van der Waals surface area contributed by atoms with Gasteiger partial charge in [-0.1, -0.05) is 28.9 Å². The number of anilines is 2. The van der Waals surface area contributed by atoms with Crippen molar-refractivity contribution >= 4 is 29.1 Å². The number of aromatic nitrogens is 3. The molecule has 0 N–H and O–H groups in total. The second-order valence-electron chi connectivity index (χ2n) is 6.36. The Balaban J connectivity index is 2.02. The first-order chi connectivity index (χ1) is 14.9. The van der Waals surface area contributed by atoms with Gasteiger partial charge in [-0.2, -0.15) is 0 Å². The zero-order valence-electron chi connectivity index (χ0n) is 15.8. The number of halogens is 4. The Hall–Kier alpha value is -3.72. The van der Waals surface area contributed by atoms with E-state index in [1.54, 1.807) is 24.3 Å². The molecule has 0 atom stereocenters. The molecule has 0 aliphatic heterocycles. The molecule has 6 nitrogen and oxygen atoms in total. The van der Waals surface area contributed by atoms with Crippen LogP contribution in [-0.2, 0) is 4.79 Å². The van der Waals surface area contributed by atoms with Gasteiger partial charge >= 0.3 is 0 Å². The molecule has 0 bridgehead atoms. The number of hydrogen-bond acceptors (Lipinski definition) is 5. The van der Waals surface area contributed by atoms with Crippen LogP contribution in [0.4, 0.5) is 24.7 Å². The Morgan fingerprint density at radius 3 is 2.48 bits per heavy atom. The molecule has 1 amide bonds. The zero-order valence-corrected chi connectivity index (χ0v) is 16.6. The summed E-state index contributed by atoms with van der Waals surface area (Å²) in [5.41, 5.74) is 0.0140. The van der Waals surface area contributed by atoms with Gasteiger partial charge in [0.05, 0.1) is 22.0 Å².